The second-order valence-electron chi connectivity index (χ2n) is 7.63. The number of amides is 1. The minimum Gasteiger partial charge on any atom is -0.493 e. The Bertz CT molecular complexity index is 1300. The highest BCUT2D eigenvalue weighted by Crippen LogP contribution is 2.33. The van der Waals surface area contributed by atoms with Gasteiger partial charge in [-0.15, -0.1) is 0 Å². The molecule has 0 atom stereocenters. The predicted octanol–water partition coefficient (Wildman–Crippen LogP) is 6.01. The lowest BCUT2D eigenvalue weighted by Crippen LogP contribution is -2.24. The number of hydrazone groups is 1. The lowest BCUT2D eigenvalue weighted by atomic mass is 10.2. The smallest absolute Gasteiger partial charge is 0.416 e. The first-order chi connectivity index (χ1) is 17.5. The normalized spacial score (nSPS) is 11.2. The number of hydrogen-bond donors (Lipinski definition) is 3. The van der Waals surface area contributed by atoms with Crippen LogP contribution < -0.4 is 25.5 Å². The van der Waals surface area contributed by atoms with Gasteiger partial charge in [-0.25, -0.2) is 0 Å². The fourth-order valence-corrected chi connectivity index (χ4v) is 3.30. The Hall–Kier alpha value is -3.83. The zero-order valence-electron chi connectivity index (χ0n) is 19.7. The monoisotopic (exact) mass is 550 g/mol. The van der Waals surface area contributed by atoms with Gasteiger partial charge in [-0.05, 0) is 73.2 Å². The number of carbonyl (C=O) groups is 1. The number of benzene rings is 3. The molecule has 3 rings (SSSR count). The molecule has 0 fully saturated rings. The van der Waals surface area contributed by atoms with Crippen molar-refractivity contribution in [1.82, 2.24) is 5.43 Å². The molecule has 0 unspecified atom stereocenters. The number of anilines is 2. The average Bonchev–Trinajstić information content (AvgIpc) is 2.85. The molecule has 0 saturated heterocycles. The molecule has 0 heterocycles. The van der Waals surface area contributed by atoms with E-state index in [0.717, 1.165) is 23.8 Å². The van der Waals surface area contributed by atoms with E-state index >= 15 is 0 Å². The molecule has 0 aliphatic rings. The number of aryl methyl sites for hydroxylation is 1. The molecular formula is C25H22ClF3N4O3S. The molecule has 3 N–H and O–H groups in total. The summed E-state index contributed by atoms with van der Waals surface area (Å²) in [6.45, 7) is 1.73. The summed E-state index contributed by atoms with van der Waals surface area (Å²) < 4.78 is 49.7. The van der Waals surface area contributed by atoms with Gasteiger partial charge in [0, 0.05) is 5.69 Å². The topological polar surface area (TPSA) is 84.0 Å². The van der Waals surface area contributed by atoms with E-state index in [0.29, 0.717) is 22.7 Å². The summed E-state index contributed by atoms with van der Waals surface area (Å²) in [4.78, 5) is 12.2. The minimum atomic E-state index is -4.52. The predicted molar refractivity (Wildman–Crippen MR) is 142 cm³/mol. The van der Waals surface area contributed by atoms with Crippen LogP contribution in [0.5, 0.6) is 11.5 Å². The minimum absolute atomic E-state index is 0.0150. The number of nitrogens with zero attached hydrogens (tertiary/aromatic N) is 1. The van der Waals surface area contributed by atoms with Crippen molar-refractivity contribution in [3.63, 3.8) is 0 Å². The third-order valence-electron chi connectivity index (χ3n) is 4.80. The van der Waals surface area contributed by atoms with E-state index in [4.69, 9.17) is 33.3 Å². The van der Waals surface area contributed by atoms with E-state index in [1.54, 1.807) is 30.3 Å². The Morgan fingerprint density at radius 3 is 2.46 bits per heavy atom. The van der Waals surface area contributed by atoms with Crippen molar-refractivity contribution in [1.29, 1.82) is 0 Å². The molecule has 3 aromatic rings. The van der Waals surface area contributed by atoms with Crippen LogP contribution in [-0.2, 0) is 11.0 Å². The summed E-state index contributed by atoms with van der Waals surface area (Å²) in [5, 5.41) is 9.29. The lowest BCUT2D eigenvalue weighted by Gasteiger charge is -2.13. The summed E-state index contributed by atoms with van der Waals surface area (Å²) in [7, 11) is 1.45. The standard InChI is InChI=1S/C25H22ClF3N4O3S/c1-15-3-7-18(8-4-15)31-23(34)14-36-21-10-5-16(11-22(21)35-2)13-30-33-24(37)32-20-12-17(25(27,28)29)6-9-19(20)26/h3-13H,14H2,1-2H3,(H,31,34)(H2,32,33,37)/b30-13+. The molecule has 0 radical (unpaired) electrons. The maximum Gasteiger partial charge on any atom is 0.416 e. The largest absolute Gasteiger partial charge is 0.493 e. The molecule has 37 heavy (non-hydrogen) atoms. The van der Waals surface area contributed by atoms with Crippen LogP contribution in [0.4, 0.5) is 24.5 Å². The highest BCUT2D eigenvalue weighted by Gasteiger charge is 2.31. The molecule has 7 nitrogen and oxygen atoms in total. The number of thiocarbonyl (C=S) groups is 1. The molecule has 0 saturated carbocycles. The molecule has 0 spiro atoms. The molecular weight excluding hydrogens is 529 g/mol. The zero-order chi connectivity index (χ0) is 27.0. The number of nitrogens with one attached hydrogen (secondary N) is 3. The molecule has 0 aliphatic carbocycles. The number of halogens is 4. The first kappa shape index (κ1) is 27.8. The van der Waals surface area contributed by atoms with Crippen LogP contribution in [0.2, 0.25) is 5.02 Å². The Labute approximate surface area is 221 Å². The van der Waals surface area contributed by atoms with Crippen LogP contribution in [0.3, 0.4) is 0 Å². The van der Waals surface area contributed by atoms with Crippen molar-refractivity contribution in [3.8, 4) is 11.5 Å². The fourth-order valence-electron chi connectivity index (χ4n) is 2.97. The van der Waals surface area contributed by atoms with Crippen LogP contribution in [0, 0.1) is 6.92 Å². The molecule has 12 heteroatoms. The first-order valence-corrected chi connectivity index (χ1v) is 11.5. The summed E-state index contributed by atoms with van der Waals surface area (Å²) in [6, 6.07) is 15.1. The SMILES string of the molecule is COc1cc(/C=N/NC(=S)Nc2cc(C(F)(F)F)ccc2Cl)ccc1OCC(=O)Nc1ccc(C)cc1. The number of methoxy groups -OCH3 is 1. The van der Waals surface area contributed by atoms with Gasteiger partial charge in [0.2, 0.25) is 0 Å². The van der Waals surface area contributed by atoms with Gasteiger partial charge in [0.05, 0.1) is 29.6 Å². The Morgan fingerprint density at radius 1 is 1.05 bits per heavy atom. The van der Waals surface area contributed by atoms with Gasteiger partial charge in [-0.1, -0.05) is 29.3 Å². The van der Waals surface area contributed by atoms with E-state index in [-0.39, 0.29) is 28.3 Å². The average molecular weight is 551 g/mol. The third kappa shape index (κ3) is 8.36. The van der Waals surface area contributed by atoms with Gasteiger partial charge < -0.3 is 20.1 Å². The van der Waals surface area contributed by atoms with Crippen molar-refractivity contribution < 1.29 is 27.4 Å². The molecule has 194 valence electrons. The van der Waals surface area contributed by atoms with Gasteiger partial charge in [0.15, 0.2) is 23.2 Å². The van der Waals surface area contributed by atoms with Gasteiger partial charge in [0.1, 0.15) is 0 Å². The number of rotatable bonds is 8. The molecule has 0 aliphatic heterocycles. The summed E-state index contributed by atoms with van der Waals surface area (Å²) >= 11 is 11.0. The van der Waals surface area contributed by atoms with Crippen LogP contribution in [0.25, 0.3) is 0 Å². The zero-order valence-corrected chi connectivity index (χ0v) is 21.2. The number of alkyl halides is 3. The molecule has 1 amide bonds. The molecule has 0 bridgehead atoms. The van der Waals surface area contributed by atoms with E-state index in [2.05, 4.69) is 21.2 Å². The van der Waals surface area contributed by atoms with E-state index in [1.807, 2.05) is 19.1 Å². The van der Waals surface area contributed by atoms with Crippen molar-refractivity contribution >= 4 is 52.4 Å². The Morgan fingerprint density at radius 2 is 1.78 bits per heavy atom. The number of hydrogen-bond acceptors (Lipinski definition) is 5. The summed E-state index contributed by atoms with van der Waals surface area (Å²) in [5.74, 6) is 0.384. The van der Waals surface area contributed by atoms with Crippen LogP contribution in [-0.4, -0.2) is 31.0 Å². The maximum absolute atomic E-state index is 12.9. The van der Waals surface area contributed by atoms with Gasteiger partial charge >= 0.3 is 6.18 Å². The van der Waals surface area contributed by atoms with E-state index < -0.39 is 11.7 Å². The third-order valence-corrected chi connectivity index (χ3v) is 5.33. The summed E-state index contributed by atoms with van der Waals surface area (Å²) in [5.41, 5.74) is 3.96. The van der Waals surface area contributed by atoms with E-state index in [9.17, 15) is 18.0 Å². The van der Waals surface area contributed by atoms with Gasteiger partial charge in [-0.2, -0.15) is 18.3 Å². The highest BCUT2D eigenvalue weighted by molar-refractivity contribution is 7.80. The van der Waals surface area contributed by atoms with Crippen molar-refractivity contribution in [3.05, 3.63) is 82.4 Å². The number of carbonyl (C=O) groups excluding carboxylic acids is 1. The lowest BCUT2D eigenvalue weighted by molar-refractivity contribution is -0.137. The maximum atomic E-state index is 12.9. The van der Waals surface area contributed by atoms with Crippen molar-refractivity contribution in [2.24, 2.45) is 5.10 Å². The number of ether oxygens (including phenoxy) is 2. The quantitative estimate of drug-likeness (QED) is 0.181. The van der Waals surface area contributed by atoms with E-state index in [1.165, 1.54) is 13.3 Å². The van der Waals surface area contributed by atoms with Crippen LogP contribution >= 0.6 is 23.8 Å². The molecule has 3 aromatic carbocycles. The second-order valence-corrected chi connectivity index (χ2v) is 8.45. The van der Waals surface area contributed by atoms with Gasteiger partial charge in [0.25, 0.3) is 5.91 Å². The van der Waals surface area contributed by atoms with Crippen molar-refractivity contribution in [2.45, 2.75) is 13.1 Å². The fraction of sp³-hybridized carbons (Fsp3) is 0.160. The van der Waals surface area contributed by atoms with Gasteiger partial charge in [-0.3, -0.25) is 10.2 Å². The Balaban J connectivity index is 1.55. The summed E-state index contributed by atoms with van der Waals surface area (Å²) in [6.07, 6.45) is -3.10. The Kier molecular flexibility index (Phi) is 9.31. The van der Waals surface area contributed by atoms with Crippen molar-refractivity contribution in [2.75, 3.05) is 24.4 Å². The molecule has 0 aromatic heterocycles. The van der Waals surface area contributed by atoms with Crippen LogP contribution in [0.15, 0.2) is 65.8 Å². The highest BCUT2D eigenvalue weighted by atomic mass is 35.5. The second kappa shape index (κ2) is 12.4. The first-order valence-electron chi connectivity index (χ1n) is 10.7. The van der Waals surface area contributed by atoms with Crippen LogP contribution in [0.1, 0.15) is 16.7 Å².